The van der Waals surface area contributed by atoms with Gasteiger partial charge in [0, 0.05) is 26.3 Å². The van der Waals surface area contributed by atoms with Crippen LogP contribution in [0, 0.1) is 0 Å². The second-order valence-electron chi connectivity index (χ2n) is 7.37. The maximum atomic E-state index is 13.7. The summed E-state index contributed by atoms with van der Waals surface area (Å²) in [6.45, 7) is 3.46. The molecule has 37 heavy (non-hydrogen) atoms. The lowest BCUT2D eigenvalue weighted by Gasteiger charge is -2.19. The van der Waals surface area contributed by atoms with E-state index >= 15 is 0 Å². The lowest BCUT2D eigenvalue weighted by molar-refractivity contribution is -0.134. The van der Waals surface area contributed by atoms with E-state index in [1.807, 2.05) is 0 Å². The summed E-state index contributed by atoms with van der Waals surface area (Å²) in [7, 11) is 5.15. The van der Waals surface area contributed by atoms with Crippen molar-refractivity contribution < 1.29 is 52.0 Å². The molecule has 1 aromatic heterocycles. The van der Waals surface area contributed by atoms with Gasteiger partial charge in [-0.05, 0) is 18.2 Å². The number of hydrogen-bond donors (Lipinski definition) is 0. The highest BCUT2D eigenvalue weighted by Crippen LogP contribution is 2.52. The second-order valence-corrected chi connectivity index (χ2v) is 7.37. The van der Waals surface area contributed by atoms with Crippen molar-refractivity contribution in [1.29, 1.82) is 0 Å². The fourth-order valence-electron chi connectivity index (χ4n) is 3.58. The molecule has 0 atom stereocenters. The summed E-state index contributed by atoms with van der Waals surface area (Å²) in [4.78, 5) is 48.9. The van der Waals surface area contributed by atoms with E-state index in [2.05, 4.69) is 0 Å². The maximum absolute atomic E-state index is 13.7. The van der Waals surface area contributed by atoms with E-state index in [1.54, 1.807) is 0 Å². The normalized spacial score (nSPS) is 10.5. The van der Waals surface area contributed by atoms with Crippen LogP contribution in [0.2, 0.25) is 0 Å². The number of carbonyl (C=O) groups excluding carboxylic acids is 3. The van der Waals surface area contributed by atoms with Crippen molar-refractivity contribution in [2.75, 3.05) is 28.4 Å². The van der Waals surface area contributed by atoms with Gasteiger partial charge in [-0.3, -0.25) is 19.2 Å². The van der Waals surface area contributed by atoms with Gasteiger partial charge in [0.2, 0.25) is 28.4 Å². The zero-order valence-corrected chi connectivity index (χ0v) is 21.1. The second kappa shape index (κ2) is 10.9. The van der Waals surface area contributed by atoms with Crippen LogP contribution in [0.5, 0.6) is 40.2 Å². The zero-order valence-electron chi connectivity index (χ0n) is 21.1. The predicted octanol–water partition coefficient (Wildman–Crippen LogP) is 3.27. The molecule has 12 heteroatoms. The molecule has 0 spiro atoms. The number of rotatable bonds is 8. The van der Waals surface area contributed by atoms with Crippen LogP contribution >= 0.6 is 0 Å². The SMILES string of the molecule is COc1cc(-c2oc3c(OC)c(OC)c(OC(C)=O)c(OC(C)=O)c3c(=O)c2OC)ccc1OC(C)=O. The minimum Gasteiger partial charge on any atom is -0.493 e. The summed E-state index contributed by atoms with van der Waals surface area (Å²) in [5, 5.41) is -0.298. The van der Waals surface area contributed by atoms with Crippen LogP contribution in [0.3, 0.4) is 0 Å². The molecular weight excluding hydrogens is 492 g/mol. The van der Waals surface area contributed by atoms with Gasteiger partial charge in [-0.25, -0.2) is 0 Å². The van der Waals surface area contributed by atoms with E-state index in [0.717, 1.165) is 13.8 Å². The summed E-state index contributed by atoms with van der Waals surface area (Å²) >= 11 is 0. The smallest absolute Gasteiger partial charge is 0.308 e. The molecular formula is C25H24O12. The minimum absolute atomic E-state index is 0.0537. The topological polar surface area (TPSA) is 146 Å². The van der Waals surface area contributed by atoms with Crippen LogP contribution in [0.4, 0.5) is 0 Å². The van der Waals surface area contributed by atoms with Gasteiger partial charge in [0.1, 0.15) is 5.39 Å². The van der Waals surface area contributed by atoms with Crippen LogP contribution in [0.1, 0.15) is 20.8 Å². The first kappa shape index (κ1) is 26.9. The summed E-state index contributed by atoms with van der Waals surface area (Å²) in [6.07, 6.45) is 0. The summed E-state index contributed by atoms with van der Waals surface area (Å²) in [6, 6.07) is 4.43. The third-order valence-electron chi connectivity index (χ3n) is 4.91. The van der Waals surface area contributed by atoms with Crippen molar-refractivity contribution in [3.05, 3.63) is 28.4 Å². The molecule has 0 aliphatic carbocycles. The van der Waals surface area contributed by atoms with Crippen LogP contribution < -0.4 is 38.6 Å². The van der Waals surface area contributed by atoms with Crippen molar-refractivity contribution in [3.63, 3.8) is 0 Å². The Labute approximate surface area is 210 Å². The van der Waals surface area contributed by atoms with Crippen molar-refractivity contribution in [1.82, 2.24) is 0 Å². The molecule has 2 aromatic carbocycles. The molecule has 196 valence electrons. The average Bonchev–Trinajstić information content (AvgIpc) is 2.84. The van der Waals surface area contributed by atoms with Crippen LogP contribution in [0.15, 0.2) is 27.4 Å². The van der Waals surface area contributed by atoms with Gasteiger partial charge in [0.15, 0.2) is 28.6 Å². The Bertz CT molecular complexity index is 1450. The molecule has 0 aliphatic rings. The third kappa shape index (κ3) is 5.13. The highest BCUT2D eigenvalue weighted by atomic mass is 16.6. The molecule has 3 aromatic rings. The number of hydrogen-bond acceptors (Lipinski definition) is 12. The zero-order chi connectivity index (χ0) is 27.4. The predicted molar refractivity (Wildman–Crippen MR) is 128 cm³/mol. The molecule has 1 heterocycles. The number of methoxy groups -OCH3 is 4. The van der Waals surface area contributed by atoms with E-state index in [0.29, 0.717) is 5.56 Å². The van der Waals surface area contributed by atoms with Crippen LogP contribution in [-0.2, 0) is 14.4 Å². The van der Waals surface area contributed by atoms with Gasteiger partial charge in [0.25, 0.3) is 0 Å². The van der Waals surface area contributed by atoms with Crippen molar-refractivity contribution in [3.8, 4) is 51.6 Å². The first-order valence-corrected chi connectivity index (χ1v) is 10.6. The Balaban J connectivity index is 2.49. The van der Waals surface area contributed by atoms with Gasteiger partial charge in [-0.15, -0.1) is 0 Å². The van der Waals surface area contributed by atoms with E-state index < -0.39 is 29.1 Å². The fourth-order valence-corrected chi connectivity index (χ4v) is 3.58. The fraction of sp³-hybridized carbons (Fsp3) is 0.280. The Hall–Kier alpha value is -4.74. The number of carbonyl (C=O) groups is 3. The molecule has 0 saturated carbocycles. The Kier molecular flexibility index (Phi) is 7.91. The quantitative estimate of drug-likeness (QED) is 0.320. The largest absolute Gasteiger partial charge is 0.493 e. The summed E-state index contributed by atoms with van der Waals surface area (Å²) < 4.78 is 43.2. The monoisotopic (exact) mass is 516 g/mol. The third-order valence-corrected chi connectivity index (χ3v) is 4.91. The maximum Gasteiger partial charge on any atom is 0.308 e. The molecule has 0 N–H and O–H groups in total. The van der Waals surface area contributed by atoms with Crippen LogP contribution in [-0.4, -0.2) is 46.3 Å². The molecule has 0 radical (unpaired) electrons. The standard InChI is InChI=1S/C25H24O12/c1-11(26)34-15-9-8-14(10-16(15)30-4)19-22(31-5)18(29)17-20(37-19)23(32-6)24(33-7)25(36-13(3)28)21(17)35-12(2)27/h8-10H,1-7H3. The molecule has 3 rings (SSSR count). The molecule has 0 saturated heterocycles. The van der Waals surface area contributed by atoms with E-state index in [4.69, 9.17) is 37.6 Å². The first-order chi connectivity index (χ1) is 17.6. The van der Waals surface area contributed by atoms with Gasteiger partial charge < -0.3 is 37.6 Å². The Morgan fingerprint density at radius 2 is 1.22 bits per heavy atom. The van der Waals surface area contributed by atoms with Crippen molar-refractivity contribution >= 4 is 28.9 Å². The first-order valence-electron chi connectivity index (χ1n) is 10.6. The Morgan fingerprint density at radius 3 is 1.73 bits per heavy atom. The van der Waals surface area contributed by atoms with Gasteiger partial charge in [0.05, 0.1) is 28.4 Å². The molecule has 0 bridgehead atoms. The lowest BCUT2D eigenvalue weighted by Crippen LogP contribution is -2.14. The van der Waals surface area contributed by atoms with Crippen LogP contribution in [0.25, 0.3) is 22.3 Å². The molecule has 0 unspecified atom stereocenters. The molecule has 12 nitrogen and oxygen atoms in total. The van der Waals surface area contributed by atoms with Gasteiger partial charge in [-0.2, -0.15) is 0 Å². The molecule has 0 fully saturated rings. The molecule has 0 amide bonds. The van der Waals surface area contributed by atoms with Gasteiger partial charge >= 0.3 is 17.9 Å². The Morgan fingerprint density at radius 1 is 0.649 bits per heavy atom. The summed E-state index contributed by atoms with van der Waals surface area (Å²) in [5.74, 6) is -3.21. The minimum atomic E-state index is -0.810. The number of esters is 3. The van der Waals surface area contributed by atoms with E-state index in [-0.39, 0.29) is 51.2 Å². The average molecular weight is 516 g/mol. The van der Waals surface area contributed by atoms with Crippen molar-refractivity contribution in [2.24, 2.45) is 0 Å². The lowest BCUT2D eigenvalue weighted by atomic mass is 10.1. The highest BCUT2D eigenvalue weighted by Gasteiger charge is 2.32. The summed E-state index contributed by atoms with van der Waals surface area (Å²) in [5.41, 5.74) is -0.648. The van der Waals surface area contributed by atoms with E-state index in [9.17, 15) is 19.2 Å². The number of ether oxygens (including phenoxy) is 7. The number of fused-ring (bicyclic) bond motifs is 1. The highest BCUT2D eigenvalue weighted by molar-refractivity contribution is 5.99. The van der Waals surface area contributed by atoms with Crippen molar-refractivity contribution in [2.45, 2.75) is 20.8 Å². The van der Waals surface area contributed by atoms with E-state index in [1.165, 1.54) is 53.6 Å². The molecule has 0 aliphatic heterocycles. The number of benzene rings is 2. The van der Waals surface area contributed by atoms with Gasteiger partial charge in [-0.1, -0.05) is 0 Å².